The van der Waals surface area contributed by atoms with Gasteiger partial charge in [-0.2, -0.15) is 0 Å². The molecule has 0 aliphatic carbocycles. The number of nitrogens with zero attached hydrogens (tertiary/aromatic N) is 2. The molecule has 0 radical (unpaired) electrons. The lowest BCUT2D eigenvalue weighted by Gasteiger charge is -2.07. The fraction of sp³-hybridized carbons (Fsp3) is 0. The minimum absolute atomic E-state index is 0.0464. The van der Waals surface area contributed by atoms with Crippen LogP contribution in [0.2, 0.25) is 5.02 Å². The first-order chi connectivity index (χ1) is 8.70. The van der Waals surface area contributed by atoms with Gasteiger partial charge in [0.05, 0.1) is 0 Å². The maximum Gasteiger partial charge on any atom is 0.171 e. The van der Waals surface area contributed by atoms with E-state index in [-0.39, 0.29) is 5.84 Å². The largest absolute Gasteiger partial charge is 0.409 e. The van der Waals surface area contributed by atoms with Gasteiger partial charge in [-0.15, -0.1) is 0 Å². The monoisotopic (exact) mass is 279 g/mol. The Morgan fingerprint density at radius 1 is 1.33 bits per heavy atom. The Bertz CT molecular complexity index is 575. The molecule has 0 fully saturated rings. The summed E-state index contributed by atoms with van der Waals surface area (Å²) in [5.41, 5.74) is 6.24. The summed E-state index contributed by atoms with van der Waals surface area (Å²) in [6.07, 6.45) is 1.70. The molecule has 0 saturated carbocycles. The van der Waals surface area contributed by atoms with E-state index in [1.807, 2.05) is 18.2 Å². The van der Waals surface area contributed by atoms with Crippen LogP contribution in [0.15, 0.2) is 57.7 Å². The van der Waals surface area contributed by atoms with Crippen molar-refractivity contribution < 1.29 is 5.21 Å². The van der Waals surface area contributed by atoms with Crippen molar-refractivity contribution in [2.75, 3.05) is 0 Å². The Morgan fingerprint density at radius 2 is 2.17 bits per heavy atom. The van der Waals surface area contributed by atoms with Crippen LogP contribution in [0.3, 0.4) is 0 Å². The van der Waals surface area contributed by atoms with E-state index in [0.29, 0.717) is 10.6 Å². The van der Waals surface area contributed by atoms with Gasteiger partial charge in [0.25, 0.3) is 0 Å². The fourth-order valence-electron chi connectivity index (χ4n) is 1.37. The third-order valence-electron chi connectivity index (χ3n) is 2.18. The van der Waals surface area contributed by atoms with E-state index in [2.05, 4.69) is 10.1 Å². The van der Waals surface area contributed by atoms with E-state index in [1.54, 1.807) is 24.4 Å². The van der Waals surface area contributed by atoms with Gasteiger partial charge in [0.15, 0.2) is 5.84 Å². The molecule has 6 heteroatoms. The highest BCUT2D eigenvalue weighted by molar-refractivity contribution is 7.99. The predicted molar refractivity (Wildman–Crippen MR) is 72.3 cm³/mol. The number of halogens is 1. The zero-order chi connectivity index (χ0) is 13.0. The zero-order valence-corrected chi connectivity index (χ0v) is 10.8. The molecule has 2 aromatic rings. The van der Waals surface area contributed by atoms with Gasteiger partial charge < -0.3 is 10.9 Å². The van der Waals surface area contributed by atoms with Gasteiger partial charge in [-0.1, -0.05) is 34.6 Å². The summed E-state index contributed by atoms with van der Waals surface area (Å²) in [4.78, 5) is 5.00. The number of oxime groups is 1. The Morgan fingerprint density at radius 3 is 2.83 bits per heavy atom. The van der Waals surface area contributed by atoms with Gasteiger partial charge in [0.1, 0.15) is 5.03 Å². The van der Waals surface area contributed by atoms with Crippen molar-refractivity contribution in [3.8, 4) is 0 Å². The molecule has 18 heavy (non-hydrogen) atoms. The summed E-state index contributed by atoms with van der Waals surface area (Å²) < 4.78 is 0. The summed E-state index contributed by atoms with van der Waals surface area (Å²) in [7, 11) is 0. The summed E-state index contributed by atoms with van der Waals surface area (Å²) >= 11 is 7.36. The number of amidine groups is 1. The third kappa shape index (κ3) is 2.94. The summed E-state index contributed by atoms with van der Waals surface area (Å²) in [5, 5.41) is 13.2. The third-order valence-corrected chi connectivity index (χ3v) is 3.42. The molecule has 2 rings (SSSR count). The second kappa shape index (κ2) is 5.75. The smallest absolute Gasteiger partial charge is 0.171 e. The molecule has 92 valence electrons. The lowest BCUT2D eigenvalue weighted by Crippen LogP contribution is -2.14. The minimum atomic E-state index is 0.0464. The number of benzene rings is 1. The first-order valence-corrected chi connectivity index (χ1v) is 6.26. The molecule has 1 heterocycles. The normalized spacial score (nSPS) is 11.5. The molecule has 0 spiro atoms. The van der Waals surface area contributed by atoms with Crippen LogP contribution in [-0.2, 0) is 0 Å². The Kier molecular flexibility index (Phi) is 4.07. The van der Waals surface area contributed by atoms with Crippen molar-refractivity contribution in [1.82, 2.24) is 4.98 Å². The number of pyridine rings is 1. The highest BCUT2D eigenvalue weighted by Gasteiger charge is 2.09. The van der Waals surface area contributed by atoms with Crippen LogP contribution in [0, 0.1) is 0 Å². The average Bonchev–Trinajstić information content (AvgIpc) is 2.39. The molecular formula is C12H10ClN3OS. The Balaban J connectivity index is 2.40. The number of nitrogens with two attached hydrogens (primary N) is 1. The Labute approximate surface area is 113 Å². The summed E-state index contributed by atoms with van der Waals surface area (Å²) in [5.74, 6) is 0.0464. The molecule has 0 amide bonds. The van der Waals surface area contributed by atoms with E-state index in [0.717, 1.165) is 9.92 Å². The van der Waals surface area contributed by atoms with Gasteiger partial charge in [0.2, 0.25) is 0 Å². The van der Waals surface area contributed by atoms with E-state index in [9.17, 15) is 0 Å². The fourth-order valence-corrected chi connectivity index (χ4v) is 2.56. The molecule has 4 nitrogen and oxygen atoms in total. The number of aromatic nitrogens is 1. The maximum absolute atomic E-state index is 8.75. The summed E-state index contributed by atoms with van der Waals surface area (Å²) in [6.45, 7) is 0. The average molecular weight is 280 g/mol. The minimum Gasteiger partial charge on any atom is -0.409 e. The van der Waals surface area contributed by atoms with Crippen molar-refractivity contribution in [2.45, 2.75) is 9.92 Å². The molecule has 0 unspecified atom stereocenters. The molecule has 0 aliphatic rings. The first-order valence-electron chi connectivity index (χ1n) is 5.07. The molecule has 0 atom stereocenters. The van der Waals surface area contributed by atoms with Crippen LogP contribution in [0.25, 0.3) is 0 Å². The molecule has 0 saturated heterocycles. The second-order valence-corrected chi connectivity index (χ2v) is 4.89. The molecule has 0 aliphatic heterocycles. The van der Waals surface area contributed by atoms with Gasteiger partial charge in [-0.25, -0.2) is 4.98 Å². The number of rotatable bonds is 3. The molecule has 1 aromatic carbocycles. The zero-order valence-electron chi connectivity index (χ0n) is 9.25. The van der Waals surface area contributed by atoms with Crippen molar-refractivity contribution in [3.05, 3.63) is 53.2 Å². The highest BCUT2D eigenvalue weighted by atomic mass is 35.5. The van der Waals surface area contributed by atoms with E-state index in [1.165, 1.54) is 11.8 Å². The van der Waals surface area contributed by atoms with Crippen molar-refractivity contribution in [2.24, 2.45) is 10.9 Å². The summed E-state index contributed by atoms with van der Waals surface area (Å²) in [6, 6.07) is 10.8. The van der Waals surface area contributed by atoms with Crippen LogP contribution in [-0.4, -0.2) is 16.0 Å². The van der Waals surface area contributed by atoms with Crippen LogP contribution >= 0.6 is 23.4 Å². The van der Waals surface area contributed by atoms with Crippen molar-refractivity contribution in [3.63, 3.8) is 0 Å². The van der Waals surface area contributed by atoms with Crippen LogP contribution in [0.1, 0.15) is 5.56 Å². The van der Waals surface area contributed by atoms with E-state index in [4.69, 9.17) is 22.5 Å². The van der Waals surface area contributed by atoms with Gasteiger partial charge in [0, 0.05) is 21.7 Å². The molecule has 3 N–H and O–H groups in total. The highest BCUT2D eigenvalue weighted by Crippen LogP contribution is 2.31. The van der Waals surface area contributed by atoms with Crippen LogP contribution in [0.5, 0.6) is 0 Å². The SMILES string of the molecule is NC(=NO)c1ccc(Cl)cc1Sc1ccccn1. The lowest BCUT2D eigenvalue weighted by molar-refractivity contribution is 0.318. The molecule has 0 bridgehead atoms. The van der Waals surface area contributed by atoms with Gasteiger partial charge >= 0.3 is 0 Å². The van der Waals surface area contributed by atoms with Crippen molar-refractivity contribution >= 4 is 29.2 Å². The van der Waals surface area contributed by atoms with Crippen LogP contribution < -0.4 is 5.73 Å². The predicted octanol–water partition coefficient (Wildman–Crippen LogP) is 2.98. The topological polar surface area (TPSA) is 71.5 Å². The molecule has 1 aromatic heterocycles. The number of hydrogen-bond donors (Lipinski definition) is 2. The first kappa shape index (κ1) is 12.7. The number of hydrogen-bond acceptors (Lipinski definition) is 4. The van der Waals surface area contributed by atoms with Crippen molar-refractivity contribution in [1.29, 1.82) is 0 Å². The van der Waals surface area contributed by atoms with E-state index < -0.39 is 0 Å². The quantitative estimate of drug-likeness (QED) is 0.392. The standard InChI is InChI=1S/C12H10ClN3OS/c13-8-4-5-9(12(14)16-17)10(7-8)18-11-3-1-2-6-15-11/h1-7,17H,(H2,14,16). The Hall–Kier alpha value is -1.72. The van der Waals surface area contributed by atoms with Gasteiger partial charge in [-0.3, -0.25) is 0 Å². The molecular weight excluding hydrogens is 270 g/mol. The van der Waals surface area contributed by atoms with E-state index >= 15 is 0 Å². The van der Waals surface area contributed by atoms with Crippen LogP contribution in [0.4, 0.5) is 0 Å². The second-order valence-electron chi connectivity index (χ2n) is 3.40. The maximum atomic E-state index is 8.75. The lowest BCUT2D eigenvalue weighted by atomic mass is 10.2. The van der Waals surface area contributed by atoms with Gasteiger partial charge in [-0.05, 0) is 30.3 Å².